The maximum atomic E-state index is 15.1. The van der Waals surface area contributed by atoms with E-state index in [9.17, 15) is 19.8 Å². The van der Waals surface area contributed by atoms with Crippen LogP contribution in [0.5, 0.6) is 0 Å². The fourth-order valence-electron chi connectivity index (χ4n) is 6.03. The van der Waals surface area contributed by atoms with Crippen LogP contribution in [0.3, 0.4) is 0 Å². The highest BCUT2D eigenvalue weighted by atomic mass is 35.5. The number of urea groups is 1. The Balaban J connectivity index is 1.75. The first-order valence-electron chi connectivity index (χ1n) is 13.7. The largest absolute Gasteiger partial charge is 0.465 e. The van der Waals surface area contributed by atoms with Crippen molar-refractivity contribution in [3.63, 3.8) is 0 Å². The van der Waals surface area contributed by atoms with Crippen molar-refractivity contribution in [3.05, 3.63) is 34.6 Å². The van der Waals surface area contributed by atoms with Crippen LogP contribution >= 0.6 is 11.6 Å². The molecular formula is C27H42ClFN4O5. The average molecular weight is 557 g/mol. The first kappa shape index (κ1) is 30.4. The van der Waals surface area contributed by atoms with Crippen molar-refractivity contribution in [1.29, 1.82) is 0 Å². The molecular weight excluding hydrogens is 515 g/mol. The average Bonchev–Trinajstić information content (AvgIpc) is 2.92. The van der Waals surface area contributed by atoms with Crippen LogP contribution in [0.1, 0.15) is 63.4 Å². The number of aliphatic hydroxyl groups excluding tert-OH is 1. The predicted octanol–water partition coefficient (Wildman–Crippen LogP) is 3.67. The van der Waals surface area contributed by atoms with E-state index in [0.717, 1.165) is 25.7 Å². The maximum absolute atomic E-state index is 15.1. The van der Waals surface area contributed by atoms with Crippen LogP contribution in [0.25, 0.3) is 0 Å². The Labute approximate surface area is 229 Å². The number of hydrogen-bond donors (Lipinski definition) is 6. The molecule has 1 aliphatic carbocycles. The van der Waals surface area contributed by atoms with Gasteiger partial charge in [-0.15, -0.1) is 0 Å². The van der Waals surface area contributed by atoms with Gasteiger partial charge in [-0.1, -0.05) is 43.0 Å². The molecule has 2 aliphatic rings. The summed E-state index contributed by atoms with van der Waals surface area (Å²) in [6.45, 7) is 1.19. The molecule has 0 aromatic heterocycles. The quantitative estimate of drug-likeness (QED) is 0.230. The molecule has 9 nitrogen and oxygen atoms in total. The van der Waals surface area contributed by atoms with E-state index in [1.54, 1.807) is 18.0 Å². The first-order valence-corrected chi connectivity index (χ1v) is 14.1. The molecule has 4 atom stereocenters. The number of likely N-dealkylation sites (N-methyl/N-ethyl adjacent to an activating group) is 1. The summed E-state index contributed by atoms with van der Waals surface area (Å²) >= 11 is 6.04. The molecule has 0 radical (unpaired) electrons. The summed E-state index contributed by atoms with van der Waals surface area (Å²) < 4.78 is 15.1. The van der Waals surface area contributed by atoms with Gasteiger partial charge in [-0.05, 0) is 57.6 Å². The Morgan fingerprint density at radius 2 is 1.95 bits per heavy atom. The van der Waals surface area contributed by atoms with Crippen LogP contribution in [0.15, 0.2) is 18.2 Å². The van der Waals surface area contributed by atoms with Gasteiger partial charge < -0.3 is 36.2 Å². The normalized spacial score (nSPS) is 21.8. The molecule has 38 heavy (non-hydrogen) atoms. The highest BCUT2D eigenvalue weighted by Gasteiger charge is 2.43. The Hall–Kier alpha value is -2.14. The van der Waals surface area contributed by atoms with Gasteiger partial charge in [0.1, 0.15) is 5.82 Å². The summed E-state index contributed by atoms with van der Waals surface area (Å²) in [7, 11) is 1.78. The van der Waals surface area contributed by atoms with Crippen LogP contribution in [-0.4, -0.2) is 77.7 Å². The fraction of sp³-hybridized carbons (Fsp3) is 0.704. The van der Waals surface area contributed by atoms with Gasteiger partial charge in [-0.3, -0.25) is 0 Å². The number of nitrogens with zero attached hydrogens (tertiary/aromatic N) is 1. The number of carbonyl (C=O) groups is 2. The minimum Gasteiger partial charge on any atom is -0.465 e. The summed E-state index contributed by atoms with van der Waals surface area (Å²) in [4.78, 5) is 25.8. The number of carbonyl (C=O) groups excluding carboxylic acids is 1. The molecule has 1 aliphatic heterocycles. The van der Waals surface area contributed by atoms with E-state index in [-0.39, 0.29) is 48.5 Å². The van der Waals surface area contributed by atoms with Crippen LogP contribution < -0.4 is 16.0 Å². The second-order valence-corrected chi connectivity index (χ2v) is 11.1. The second kappa shape index (κ2) is 14.3. The summed E-state index contributed by atoms with van der Waals surface area (Å²) in [6, 6.07) is 3.69. The third-order valence-electron chi connectivity index (χ3n) is 8.09. The smallest absolute Gasteiger partial charge is 0.404 e. The predicted molar refractivity (Wildman–Crippen MR) is 144 cm³/mol. The van der Waals surface area contributed by atoms with E-state index in [4.69, 9.17) is 16.7 Å². The van der Waals surface area contributed by atoms with E-state index in [2.05, 4.69) is 16.0 Å². The van der Waals surface area contributed by atoms with Gasteiger partial charge in [-0.2, -0.15) is 0 Å². The van der Waals surface area contributed by atoms with E-state index in [1.165, 1.54) is 18.6 Å². The Morgan fingerprint density at radius 3 is 2.63 bits per heavy atom. The van der Waals surface area contributed by atoms with Crippen LogP contribution in [0, 0.1) is 17.7 Å². The number of likely N-dealkylation sites (tertiary alicyclic amines) is 1. The number of carboxylic acid groups (broad SMARTS) is 1. The summed E-state index contributed by atoms with van der Waals surface area (Å²) in [5.41, 5.74) is -1.60. The first-order chi connectivity index (χ1) is 18.2. The number of piperidine rings is 1. The number of aliphatic hydroxyl groups is 2. The molecule has 0 bridgehead atoms. The summed E-state index contributed by atoms with van der Waals surface area (Å²) in [6.07, 6.45) is 4.91. The van der Waals surface area contributed by atoms with E-state index in [1.807, 2.05) is 0 Å². The zero-order chi connectivity index (χ0) is 27.7. The molecule has 0 unspecified atom stereocenters. The molecule has 1 heterocycles. The summed E-state index contributed by atoms with van der Waals surface area (Å²) in [5.74, 6) is -1.06. The lowest BCUT2D eigenvalue weighted by Gasteiger charge is -2.43. The van der Waals surface area contributed by atoms with Crippen LogP contribution in [-0.2, 0) is 5.60 Å². The molecule has 1 aromatic carbocycles. The van der Waals surface area contributed by atoms with Crippen LogP contribution in [0.2, 0.25) is 5.02 Å². The van der Waals surface area contributed by atoms with Crippen molar-refractivity contribution in [2.24, 2.45) is 11.8 Å². The van der Waals surface area contributed by atoms with Gasteiger partial charge >= 0.3 is 12.1 Å². The SMILES string of the molecule is CNC[C@@H](NC(=O)N1CCC[C@@H]([C@@](O)(CCCNC(=O)O)c2cccc(Cl)c2F)C1)[C@H](O)C1CCCCC1. The lowest BCUT2D eigenvalue weighted by Crippen LogP contribution is -2.57. The van der Waals surface area contributed by atoms with Crippen molar-refractivity contribution < 1.29 is 29.3 Å². The number of nitrogens with one attached hydrogen (secondary N) is 3. The zero-order valence-electron chi connectivity index (χ0n) is 22.1. The van der Waals surface area contributed by atoms with E-state index < -0.39 is 35.6 Å². The lowest BCUT2D eigenvalue weighted by molar-refractivity contribution is -0.0579. The molecule has 11 heteroatoms. The number of amides is 3. The Kier molecular flexibility index (Phi) is 11.4. The number of halogens is 2. The zero-order valence-corrected chi connectivity index (χ0v) is 22.9. The second-order valence-electron chi connectivity index (χ2n) is 10.6. The lowest BCUT2D eigenvalue weighted by atomic mass is 9.74. The van der Waals surface area contributed by atoms with E-state index >= 15 is 4.39 Å². The molecule has 6 N–H and O–H groups in total. The third-order valence-corrected chi connectivity index (χ3v) is 8.38. The Morgan fingerprint density at radius 1 is 1.21 bits per heavy atom. The monoisotopic (exact) mass is 556 g/mol. The minimum atomic E-state index is -1.65. The maximum Gasteiger partial charge on any atom is 0.404 e. The minimum absolute atomic E-state index is 0.0494. The summed E-state index contributed by atoms with van der Waals surface area (Å²) in [5, 5.41) is 40.1. The molecule has 1 saturated heterocycles. The molecule has 3 amide bonds. The molecule has 214 valence electrons. The third kappa shape index (κ3) is 7.71. The van der Waals surface area contributed by atoms with Gasteiger partial charge in [0.25, 0.3) is 0 Å². The molecule has 2 fully saturated rings. The Bertz CT molecular complexity index is 935. The van der Waals surface area contributed by atoms with E-state index in [0.29, 0.717) is 25.9 Å². The van der Waals surface area contributed by atoms with Gasteiger partial charge in [0.2, 0.25) is 0 Å². The van der Waals surface area contributed by atoms with Crippen molar-refractivity contribution >= 4 is 23.7 Å². The topological polar surface area (TPSA) is 134 Å². The van der Waals surface area contributed by atoms with Crippen LogP contribution in [0.4, 0.5) is 14.0 Å². The highest BCUT2D eigenvalue weighted by molar-refractivity contribution is 6.30. The number of benzene rings is 1. The highest BCUT2D eigenvalue weighted by Crippen LogP contribution is 2.41. The molecule has 3 rings (SSSR count). The number of hydrogen-bond acceptors (Lipinski definition) is 5. The molecule has 1 saturated carbocycles. The van der Waals surface area contributed by atoms with Crippen molar-refractivity contribution in [2.45, 2.75) is 75.5 Å². The van der Waals surface area contributed by atoms with Gasteiger partial charge in [0.05, 0.1) is 22.8 Å². The van der Waals surface area contributed by atoms with Gasteiger partial charge in [0, 0.05) is 37.7 Å². The van der Waals surface area contributed by atoms with Gasteiger partial charge in [0.15, 0.2) is 0 Å². The number of rotatable bonds is 11. The van der Waals surface area contributed by atoms with Crippen molar-refractivity contribution in [1.82, 2.24) is 20.9 Å². The molecule has 0 spiro atoms. The van der Waals surface area contributed by atoms with Gasteiger partial charge in [-0.25, -0.2) is 14.0 Å². The standard InChI is InChI=1S/C27H42ClFN4O5/c1-30-16-22(24(34)18-8-3-2-4-9-18)32-25(35)33-15-6-10-19(17-33)27(38,13-7-14-31-26(36)37)20-11-5-12-21(28)23(20)29/h5,11-12,18-19,22,24,30-31,34,38H,2-4,6-10,13-17H2,1H3,(H,32,35)(H,36,37)/t19-,22-,24-,27+/m1/s1. The van der Waals surface area contributed by atoms with Crippen molar-refractivity contribution in [2.75, 3.05) is 33.2 Å². The van der Waals surface area contributed by atoms with Crippen molar-refractivity contribution in [3.8, 4) is 0 Å². The fourth-order valence-corrected chi connectivity index (χ4v) is 6.21. The molecule has 1 aromatic rings.